The largest absolute Gasteiger partial charge is 0.378 e. The Labute approximate surface area is 98.0 Å². The molecule has 0 aromatic heterocycles. The molecule has 1 aromatic rings. The Kier molecular flexibility index (Phi) is 3.62. The van der Waals surface area contributed by atoms with Crippen LogP contribution in [0.1, 0.15) is 25.8 Å². The van der Waals surface area contributed by atoms with E-state index in [9.17, 15) is 0 Å². The molecular formula is C14H21NO. The van der Waals surface area contributed by atoms with Crippen LogP contribution in [-0.4, -0.2) is 24.8 Å². The minimum absolute atomic E-state index is 0.125. The fraction of sp³-hybridized carbons (Fsp3) is 0.571. The van der Waals surface area contributed by atoms with Gasteiger partial charge in [0.15, 0.2) is 0 Å². The summed E-state index contributed by atoms with van der Waals surface area (Å²) in [5.74, 6) is 0. The molecule has 2 rings (SSSR count). The number of nitrogens with one attached hydrogen (secondary N) is 1. The predicted octanol–water partition coefficient (Wildman–Crippen LogP) is 2.39. The van der Waals surface area contributed by atoms with Crippen molar-refractivity contribution in [2.24, 2.45) is 0 Å². The predicted molar refractivity (Wildman–Crippen MR) is 66.6 cm³/mol. The van der Waals surface area contributed by atoms with Crippen LogP contribution >= 0.6 is 0 Å². The summed E-state index contributed by atoms with van der Waals surface area (Å²) in [6.07, 6.45) is 2.27. The molecule has 0 aliphatic carbocycles. The lowest BCUT2D eigenvalue weighted by Crippen LogP contribution is -2.55. The Balaban J connectivity index is 1.82. The average molecular weight is 219 g/mol. The molecule has 88 valence electrons. The minimum Gasteiger partial charge on any atom is -0.378 e. The molecule has 0 bridgehead atoms. The van der Waals surface area contributed by atoms with Crippen molar-refractivity contribution in [3.8, 4) is 0 Å². The monoisotopic (exact) mass is 219 g/mol. The Morgan fingerprint density at radius 2 is 2.06 bits per heavy atom. The first-order chi connectivity index (χ1) is 7.66. The Morgan fingerprint density at radius 1 is 1.31 bits per heavy atom. The summed E-state index contributed by atoms with van der Waals surface area (Å²) >= 11 is 0. The topological polar surface area (TPSA) is 21.3 Å². The molecule has 1 aliphatic rings. The molecule has 2 nitrogen and oxygen atoms in total. The molecule has 0 amide bonds. The number of morpholine rings is 1. The zero-order chi connectivity index (χ0) is 11.4. The van der Waals surface area contributed by atoms with Gasteiger partial charge in [0.25, 0.3) is 0 Å². The second kappa shape index (κ2) is 4.98. The average Bonchev–Trinajstić information content (AvgIpc) is 2.27. The second-order valence-electron chi connectivity index (χ2n) is 5.26. The van der Waals surface area contributed by atoms with Gasteiger partial charge >= 0.3 is 0 Å². The van der Waals surface area contributed by atoms with Crippen LogP contribution in [0.2, 0.25) is 0 Å². The van der Waals surface area contributed by atoms with E-state index < -0.39 is 0 Å². The van der Waals surface area contributed by atoms with Crippen LogP contribution < -0.4 is 5.32 Å². The molecule has 1 saturated heterocycles. The zero-order valence-corrected chi connectivity index (χ0v) is 10.2. The van der Waals surface area contributed by atoms with Crippen molar-refractivity contribution in [2.45, 2.75) is 38.3 Å². The summed E-state index contributed by atoms with van der Waals surface area (Å²) in [6.45, 7) is 6.05. The van der Waals surface area contributed by atoms with Gasteiger partial charge in [0, 0.05) is 11.6 Å². The lowest BCUT2D eigenvalue weighted by Gasteiger charge is -2.37. The normalized spacial score (nSPS) is 24.2. The van der Waals surface area contributed by atoms with E-state index in [1.165, 1.54) is 5.56 Å². The highest BCUT2D eigenvalue weighted by atomic mass is 16.5. The highest BCUT2D eigenvalue weighted by Crippen LogP contribution is 2.14. The maximum absolute atomic E-state index is 5.62. The molecule has 1 aromatic carbocycles. The summed E-state index contributed by atoms with van der Waals surface area (Å²) in [6, 6.07) is 11.1. The number of benzene rings is 1. The van der Waals surface area contributed by atoms with Gasteiger partial charge in [-0.15, -0.1) is 0 Å². The molecule has 0 saturated carbocycles. The van der Waals surface area contributed by atoms with Gasteiger partial charge in [-0.2, -0.15) is 0 Å². The first kappa shape index (κ1) is 11.6. The van der Waals surface area contributed by atoms with Crippen molar-refractivity contribution in [3.05, 3.63) is 35.9 Å². The third kappa shape index (κ3) is 3.32. The van der Waals surface area contributed by atoms with Gasteiger partial charge in [-0.3, -0.25) is 0 Å². The summed E-state index contributed by atoms with van der Waals surface area (Å²) in [7, 11) is 0. The van der Waals surface area contributed by atoms with E-state index in [1.807, 2.05) is 0 Å². The minimum atomic E-state index is 0.125. The fourth-order valence-electron chi connectivity index (χ4n) is 2.23. The molecule has 2 heteroatoms. The van der Waals surface area contributed by atoms with E-state index in [4.69, 9.17) is 4.74 Å². The van der Waals surface area contributed by atoms with Crippen molar-refractivity contribution >= 4 is 0 Å². The highest BCUT2D eigenvalue weighted by Gasteiger charge is 2.27. The number of rotatable bonds is 3. The van der Waals surface area contributed by atoms with Gasteiger partial charge in [-0.05, 0) is 32.3 Å². The quantitative estimate of drug-likeness (QED) is 0.843. The standard InChI is InChI=1S/C14H21NO/c1-14(2)11-16-10-13(15-14)9-8-12-6-4-3-5-7-12/h3-7,13,15H,8-11H2,1-2H3. The van der Waals surface area contributed by atoms with Crippen LogP contribution in [0.25, 0.3) is 0 Å². The molecule has 0 spiro atoms. The number of hydrogen-bond donors (Lipinski definition) is 1. The van der Waals surface area contributed by atoms with Crippen molar-refractivity contribution < 1.29 is 4.74 Å². The molecule has 0 radical (unpaired) electrons. The van der Waals surface area contributed by atoms with Crippen molar-refractivity contribution in [3.63, 3.8) is 0 Å². The van der Waals surface area contributed by atoms with Gasteiger partial charge in [-0.25, -0.2) is 0 Å². The molecule has 1 aliphatic heterocycles. The van der Waals surface area contributed by atoms with E-state index in [0.29, 0.717) is 6.04 Å². The van der Waals surface area contributed by atoms with Crippen molar-refractivity contribution in [2.75, 3.05) is 13.2 Å². The summed E-state index contributed by atoms with van der Waals surface area (Å²) in [4.78, 5) is 0. The number of hydrogen-bond acceptors (Lipinski definition) is 2. The maximum atomic E-state index is 5.62. The fourth-order valence-corrected chi connectivity index (χ4v) is 2.23. The van der Waals surface area contributed by atoms with Crippen LogP contribution in [-0.2, 0) is 11.2 Å². The van der Waals surface area contributed by atoms with Crippen LogP contribution in [0.15, 0.2) is 30.3 Å². The Bertz CT molecular complexity index is 321. The highest BCUT2D eigenvalue weighted by molar-refractivity contribution is 5.14. The van der Waals surface area contributed by atoms with E-state index in [1.54, 1.807) is 0 Å². The van der Waals surface area contributed by atoms with Crippen molar-refractivity contribution in [1.29, 1.82) is 0 Å². The summed E-state index contributed by atoms with van der Waals surface area (Å²) in [5.41, 5.74) is 1.53. The number of aryl methyl sites for hydroxylation is 1. The van der Waals surface area contributed by atoms with Gasteiger partial charge in [0.2, 0.25) is 0 Å². The molecule has 1 fully saturated rings. The SMILES string of the molecule is CC1(C)COCC(CCc2ccccc2)N1. The number of ether oxygens (including phenoxy) is 1. The third-order valence-electron chi connectivity index (χ3n) is 3.00. The molecule has 1 heterocycles. The molecular weight excluding hydrogens is 198 g/mol. The third-order valence-corrected chi connectivity index (χ3v) is 3.00. The Hall–Kier alpha value is -0.860. The Morgan fingerprint density at radius 3 is 2.75 bits per heavy atom. The lowest BCUT2D eigenvalue weighted by atomic mass is 9.99. The maximum Gasteiger partial charge on any atom is 0.0643 e. The molecule has 1 N–H and O–H groups in total. The van der Waals surface area contributed by atoms with Crippen LogP contribution in [0, 0.1) is 0 Å². The summed E-state index contributed by atoms with van der Waals surface area (Å²) in [5, 5.41) is 3.64. The first-order valence-electron chi connectivity index (χ1n) is 6.05. The van der Waals surface area contributed by atoms with Crippen molar-refractivity contribution in [1.82, 2.24) is 5.32 Å². The molecule has 16 heavy (non-hydrogen) atoms. The lowest BCUT2D eigenvalue weighted by molar-refractivity contribution is 0.0113. The zero-order valence-electron chi connectivity index (χ0n) is 10.2. The van der Waals surface area contributed by atoms with Crippen LogP contribution in [0.4, 0.5) is 0 Å². The summed E-state index contributed by atoms with van der Waals surface area (Å²) < 4.78 is 5.62. The van der Waals surface area contributed by atoms with E-state index >= 15 is 0 Å². The molecule has 1 unspecified atom stereocenters. The van der Waals surface area contributed by atoms with Gasteiger partial charge in [0.1, 0.15) is 0 Å². The van der Waals surface area contributed by atoms with Gasteiger partial charge in [-0.1, -0.05) is 30.3 Å². The second-order valence-corrected chi connectivity index (χ2v) is 5.26. The van der Waals surface area contributed by atoms with E-state index in [2.05, 4.69) is 49.5 Å². The van der Waals surface area contributed by atoms with E-state index in [0.717, 1.165) is 26.1 Å². The smallest absolute Gasteiger partial charge is 0.0643 e. The van der Waals surface area contributed by atoms with Crippen LogP contribution in [0.3, 0.4) is 0 Å². The van der Waals surface area contributed by atoms with E-state index in [-0.39, 0.29) is 5.54 Å². The van der Waals surface area contributed by atoms with Gasteiger partial charge < -0.3 is 10.1 Å². The van der Waals surface area contributed by atoms with Gasteiger partial charge in [0.05, 0.1) is 13.2 Å². The first-order valence-corrected chi connectivity index (χ1v) is 6.05. The van der Waals surface area contributed by atoms with Crippen LogP contribution in [0.5, 0.6) is 0 Å². The molecule has 1 atom stereocenters.